The van der Waals surface area contributed by atoms with E-state index in [1.807, 2.05) is 60.4 Å². The van der Waals surface area contributed by atoms with Gasteiger partial charge in [-0.25, -0.2) is 0 Å². The van der Waals surface area contributed by atoms with E-state index < -0.39 is 0 Å². The molecule has 1 N–H and O–H groups in total. The van der Waals surface area contributed by atoms with Gasteiger partial charge >= 0.3 is 0 Å². The highest BCUT2D eigenvalue weighted by molar-refractivity contribution is 5.96. The van der Waals surface area contributed by atoms with Gasteiger partial charge in [-0.3, -0.25) is 9.59 Å². The van der Waals surface area contributed by atoms with Crippen molar-refractivity contribution in [3.05, 3.63) is 101 Å². The third-order valence-electron chi connectivity index (χ3n) is 5.80. The smallest absolute Gasteiger partial charge is 0.230 e. The molecule has 0 atom stereocenters. The molecule has 0 heterocycles. The summed E-state index contributed by atoms with van der Waals surface area (Å²) in [6.45, 7) is 5.20. The standard InChI is InChI=1S/C28H30N2O2/c1-20-5-3-7-23(15-20)18-29-27(31)17-22-9-13-26(14-10-22)30(28(32)25-11-12-25)19-24-8-4-6-21(2)16-24/h3-10,13-16,25H,11-12,17-19H2,1-2H3,(H,29,31). The zero-order chi connectivity index (χ0) is 22.5. The molecular weight excluding hydrogens is 396 g/mol. The van der Waals surface area contributed by atoms with Crippen LogP contribution in [0.4, 0.5) is 5.69 Å². The van der Waals surface area contributed by atoms with E-state index in [1.54, 1.807) is 0 Å². The van der Waals surface area contributed by atoms with Crippen molar-refractivity contribution in [3.63, 3.8) is 0 Å². The quantitative estimate of drug-likeness (QED) is 0.544. The van der Waals surface area contributed by atoms with Gasteiger partial charge in [0, 0.05) is 18.2 Å². The third kappa shape index (κ3) is 5.85. The van der Waals surface area contributed by atoms with Gasteiger partial charge in [0.05, 0.1) is 13.0 Å². The zero-order valence-electron chi connectivity index (χ0n) is 18.8. The second-order valence-corrected chi connectivity index (χ2v) is 8.80. The average molecular weight is 427 g/mol. The molecule has 1 saturated carbocycles. The molecule has 4 heteroatoms. The number of carbonyl (C=O) groups is 2. The number of aryl methyl sites for hydroxylation is 2. The fourth-order valence-electron chi connectivity index (χ4n) is 3.90. The van der Waals surface area contributed by atoms with Crippen molar-refractivity contribution in [1.29, 1.82) is 0 Å². The van der Waals surface area contributed by atoms with Gasteiger partial charge in [0.1, 0.15) is 0 Å². The largest absolute Gasteiger partial charge is 0.352 e. The van der Waals surface area contributed by atoms with Gasteiger partial charge < -0.3 is 10.2 Å². The average Bonchev–Trinajstić information content (AvgIpc) is 3.62. The second kappa shape index (κ2) is 9.82. The van der Waals surface area contributed by atoms with Crippen molar-refractivity contribution in [1.82, 2.24) is 5.32 Å². The number of benzene rings is 3. The molecule has 0 unspecified atom stereocenters. The number of rotatable bonds is 8. The van der Waals surface area contributed by atoms with E-state index in [-0.39, 0.29) is 17.7 Å². The Bertz CT molecular complexity index is 1100. The molecule has 0 bridgehead atoms. The molecule has 1 fully saturated rings. The summed E-state index contributed by atoms with van der Waals surface area (Å²) < 4.78 is 0. The minimum Gasteiger partial charge on any atom is -0.352 e. The number of hydrogen-bond donors (Lipinski definition) is 1. The highest BCUT2D eigenvalue weighted by Crippen LogP contribution is 2.33. The third-order valence-corrected chi connectivity index (χ3v) is 5.80. The maximum atomic E-state index is 13.0. The fourth-order valence-corrected chi connectivity index (χ4v) is 3.90. The van der Waals surface area contributed by atoms with Gasteiger partial charge in [-0.1, -0.05) is 71.8 Å². The van der Waals surface area contributed by atoms with Crippen molar-refractivity contribution < 1.29 is 9.59 Å². The van der Waals surface area contributed by atoms with Gasteiger partial charge in [0.2, 0.25) is 11.8 Å². The fraction of sp³-hybridized carbons (Fsp3) is 0.286. The monoisotopic (exact) mass is 426 g/mol. The van der Waals surface area contributed by atoms with E-state index in [2.05, 4.69) is 36.5 Å². The number of nitrogens with zero attached hydrogens (tertiary/aromatic N) is 1. The number of anilines is 1. The van der Waals surface area contributed by atoms with E-state index in [9.17, 15) is 9.59 Å². The predicted octanol–water partition coefficient (Wildman–Crippen LogP) is 5.11. The SMILES string of the molecule is Cc1cccc(CNC(=O)Cc2ccc(N(Cc3cccc(C)c3)C(=O)C3CC3)cc2)c1. The van der Waals surface area contributed by atoms with Gasteiger partial charge in [0.15, 0.2) is 0 Å². The molecule has 4 rings (SSSR count). The lowest BCUT2D eigenvalue weighted by Gasteiger charge is -2.23. The van der Waals surface area contributed by atoms with Crippen LogP contribution < -0.4 is 10.2 Å². The Hall–Kier alpha value is -3.40. The van der Waals surface area contributed by atoms with Gasteiger partial charge in [-0.2, -0.15) is 0 Å². The molecular formula is C28H30N2O2. The Balaban J connectivity index is 1.40. The van der Waals surface area contributed by atoms with Crippen LogP contribution in [0.15, 0.2) is 72.8 Å². The molecule has 0 saturated heterocycles. The van der Waals surface area contributed by atoms with Gasteiger partial charge in [-0.15, -0.1) is 0 Å². The van der Waals surface area contributed by atoms with Crippen molar-refractivity contribution in [3.8, 4) is 0 Å². The van der Waals surface area contributed by atoms with E-state index in [0.29, 0.717) is 19.5 Å². The number of nitrogens with one attached hydrogen (secondary N) is 1. The summed E-state index contributed by atoms with van der Waals surface area (Å²) in [6.07, 6.45) is 2.27. The predicted molar refractivity (Wildman–Crippen MR) is 128 cm³/mol. The summed E-state index contributed by atoms with van der Waals surface area (Å²) in [5.41, 5.74) is 6.41. The van der Waals surface area contributed by atoms with Crippen molar-refractivity contribution >= 4 is 17.5 Å². The van der Waals surface area contributed by atoms with E-state index in [1.165, 1.54) is 11.1 Å². The molecule has 4 nitrogen and oxygen atoms in total. The Kier molecular flexibility index (Phi) is 6.69. The molecule has 0 radical (unpaired) electrons. The normalized spacial score (nSPS) is 12.9. The van der Waals surface area contributed by atoms with E-state index >= 15 is 0 Å². The van der Waals surface area contributed by atoms with Crippen LogP contribution in [0.2, 0.25) is 0 Å². The van der Waals surface area contributed by atoms with Crippen LogP contribution >= 0.6 is 0 Å². The number of hydrogen-bond acceptors (Lipinski definition) is 2. The minimum absolute atomic E-state index is 0.00932. The Labute approximate surface area is 190 Å². The van der Waals surface area contributed by atoms with Gasteiger partial charge in [0.25, 0.3) is 0 Å². The molecule has 2 amide bonds. The van der Waals surface area contributed by atoms with Crippen LogP contribution in [0.1, 0.15) is 40.7 Å². The molecule has 1 aliphatic carbocycles. The first-order chi connectivity index (χ1) is 15.5. The van der Waals surface area contributed by atoms with Crippen LogP contribution in [0.25, 0.3) is 0 Å². The topological polar surface area (TPSA) is 49.4 Å². The number of amides is 2. The summed E-state index contributed by atoms with van der Waals surface area (Å²) in [7, 11) is 0. The molecule has 32 heavy (non-hydrogen) atoms. The Morgan fingerprint density at radius 2 is 1.47 bits per heavy atom. The van der Waals surface area contributed by atoms with Crippen molar-refractivity contribution in [2.75, 3.05) is 4.90 Å². The first kappa shape index (κ1) is 21.8. The zero-order valence-corrected chi connectivity index (χ0v) is 18.8. The lowest BCUT2D eigenvalue weighted by Crippen LogP contribution is -2.31. The van der Waals surface area contributed by atoms with Crippen molar-refractivity contribution in [2.24, 2.45) is 5.92 Å². The second-order valence-electron chi connectivity index (χ2n) is 8.80. The summed E-state index contributed by atoms with van der Waals surface area (Å²) in [6, 6.07) is 24.2. The summed E-state index contributed by atoms with van der Waals surface area (Å²) in [4.78, 5) is 27.2. The van der Waals surface area contributed by atoms with E-state index in [4.69, 9.17) is 0 Å². The first-order valence-electron chi connectivity index (χ1n) is 11.3. The van der Waals surface area contributed by atoms with Gasteiger partial charge in [-0.05, 0) is 55.5 Å². The molecule has 0 spiro atoms. The van der Waals surface area contributed by atoms with E-state index in [0.717, 1.165) is 35.2 Å². The Morgan fingerprint density at radius 3 is 2.09 bits per heavy atom. The van der Waals surface area contributed by atoms with Crippen molar-refractivity contribution in [2.45, 2.75) is 46.2 Å². The maximum absolute atomic E-state index is 13.0. The molecule has 0 aliphatic heterocycles. The van der Waals surface area contributed by atoms with Crippen LogP contribution in [0.3, 0.4) is 0 Å². The molecule has 3 aromatic carbocycles. The minimum atomic E-state index is -0.00932. The maximum Gasteiger partial charge on any atom is 0.230 e. The van der Waals surface area contributed by atoms with Crippen LogP contribution in [-0.2, 0) is 29.1 Å². The number of carbonyl (C=O) groups excluding carboxylic acids is 2. The van der Waals surface area contributed by atoms with Crippen LogP contribution in [0.5, 0.6) is 0 Å². The lowest BCUT2D eigenvalue weighted by molar-refractivity contribution is -0.121. The summed E-state index contributed by atoms with van der Waals surface area (Å²) in [5, 5.41) is 2.99. The van der Waals surface area contributed by atoms with Crippen LogP contribution in [0, 0.1) is 19.8 Å². The molecule has 3 aromatic rings. The molecule has 0 aromatic heterocycles. The first-order valence-corrected chi connectivity index (χ1v) is 11.3. The van der Waals surface area contributed by atoms with Crippen LogP contribution in [-0.4, -0.2) is 11.8 Å². The molecule has 164 valence electrons. The highest BCUT2D eigenvalue weighted by Gasteiger charge is 2.34. The Morgan fingerprint density at radius 1 is 0.844 bits per heavy atom. The lowest BCUT2D eigenvalue weighted by atomic mass is 10.1. The highest BCUT2D eigenvalue weighted by atomic mass is 16.2. The summed E-state index contributed by atoms with van der Waals surface area (Å²) >= 11 is 0. The molecule has 1 aliphatic rings. The summed E-state index contributed by atoms with van der Waals surface area (Å²) in [5.74, 6) is 0.326.